The van der Waals surface area contributed by atoms with Gasteiger partial charge in [0.25, 0.3) is 0 Å². The smallest absolute Gasteiger partial charge is 0.354 e. The first-order valence-electron chi connectivity index (χ1n) is 7.73. The minimum Gasteiger partial charge on any atom is -0.477 e. The van der Waals surface area contributed by atoms with Gasteiger partial charge in [0, 0.05) is 24.5 Å². The van der Waals surface area contributed by atoms with E-state index in [1.807, 2.05) is 45.3 Å². The Morgan fingerprint density at radius 1 is 1.17 bits per heavy atom. The standard InChI is InChI=1S/C19H19N3O2/c1-12-13(2)20-18(19(23)24)11-16(12)10-14-4-6-15(7-5-14)17-8-9-22(3)21-17/h4-9,11H,10H2,1-3H3,(H,23,24). The van der Waals surface area contributed by atoms with Crippen LogP contribution in [0.25, 0.3) is 11.3 Å². The second-order valence-electron chi connectivity index (χ2n) is 5.93. The zero-order chi connectivity index (χ0) is 17.3. The summed E-state index contributed by atoms with van der Waals surface area (Å²) in [7, 11) is 1.90. The third-order valence-corrected chi connectivity index (χ3v) is 4.20. The lowest BCUT2D eigenvalue weighted by Crippen LogP contribution is -2.06. The van der Waals surface area contributed by atoms with Crippen LogP contribution in [-0.4, -0.2) is 25.8 Å². The molecule has 5 nitrogen and oxygen atoms in total. The molecule has 0 fully saturated rings. The number of nitrogens with zero attached hydrogens (tertiary/aromatic N) is 3. The van der Waals surface area contributed by atoms with Crippen LogP contribution in [0.5, 0.6) is 0 Å². The van der Waals surface area contributed by atoms with Gasteiger partial charge in [-0.05, 0) is 49.1 Å². The number of carbonyl (C=O) groups is 1. The van der Waals surface area contributed by atoms with Gasteiger partial charge in [0.1, 0.15) is 5.69 Å². The lowest BCUT2D eigenvalue weighted by molar-refractivity contribution is 0.0690. The van der Waals surface area contributed by atoms with E-state index in [1.165, 1.54) is 0 Å². The summed E-state index contributed by atoms with van der Waals surface area (Å²) in [4.78, 5) is 15.3. The number of aryl methyl sites for hydroxylation is 2. The summed E-state index contributed by atoms with van der Waals surface area (Å²) >= 11 is 0. The maximum atomic E-state index is 11.2. The average molecular weight is 321 g/mol. The molecule has 3 aromatic rings. The monoisotopic (exact) mass is 321 g/mol. The van der Waals surface area contributed by atoms with Gasteiger partial charge in [-0.2, -0.15) is 5.10 Å². The summed E-state index contributed by atoms with van der Waals surface area (Å²) in [6.45, 7) is 3.82. The van der Waals surface area contributed by atoms with Crippen LogP contribution >= 0.6 is 0 Å². The Hall–Kier alpha value is -2.95. The highest BCUT2D eigenvalue weighted by atomic mass is 16.4. The number of carboxylic acid groups (broad SMARTS) is 1. The summed E-state index contributed by atoms with van der Waals surface area (Å²) in [5, 5.41) is 13.6. The number of aromatic carboxylic acids is 1. The van der Waals surface area contributed by atoms with E-state index in [9.17, 15) is 9.90 Å². The van der Waals surface area contributed by atoms with Gasteiger partial charge in [-0.3, -0.25) is 4.68 Å². The SMILES string of the molecule is Cc1nc(C(=O)O)cc(Cc2ccc(-c3ccn(C)n3)cc2)c1C. The van der Waals surface area contributed by atoms with Gasteiger partial charge in [-0.15, -0.1) is 0 Å². The molecule has 0 unspecified atom stereocenters. The number of pyridine rings is 1. The molecule has 0 spiro atoms. The topological polar surface area (TPSA) is 68.0 Å². The lowest BCUT2D eigenvalue weighted by Gasteiger charge is -2.10. The normalized spacial score (nSPS) is 10.8. The second-order valence-corrected chi connectivity index (χ2v) is 5.93. The number of rotatable bonds is 4. The van der Waals surface area contributed by atoms with Gasteiger partial charge in [0.05, 0.1) is 5.69 Å². The number of hydrogen-bond acceptors (Lipinski definition) is 3. The summed E-state index contributed by atoms with van der Waals surface area (Å²) < 4.78 is 1.78. The lowest BCUT2D eigenvalue weighted by atomic mass is 9.98. The zero-order valence-corrected chi connectivity index (χ0v) is 13.9. The molecule has 0 amide bonds. The largest absolute Gasteiger partial charge is 0.477 e. The second kappa shape index (κ2) is 6.28. The molecule has 1 aromatic carbocycles. The van der Waals surface area contributed by atoms with Crippen molar-refractivity contribution in [3.63, 3.8) is 0 Å². The highest BCUT2D eigenvalue weighted by molar-refractivity contribution is 5.85. The number of aromatic nitrogens is 3. The highest BCUT2D eigenvalue weighted by Gasteiger charge is 2.12. The molecule has 0 aliphatic rings. The molecule has 0 saturated carbocycles. The Morgan fingerprint density at radius 2 is 1.88 bits per heavy atom. The minimum atomic E-state index is -0.996. The molecule has 24 heavy (non-hydrogen) atoms. The summed E-state index contributed by atoms with van der Waals surface area (Å²) in [5.74, 6) is -0.996. The van der Waals surface area contributed by atoms with Crippen molar-refractivity contribution in [3.8, 4) is 11.3 Å². The first-order valence-corrected chi connectivity index (χ1v) is 7.73. The fourth-order valence-electron chi connectivity index (χ4n) is 2.68. The van der Waals surface area contributed by atoms with Crippen LogP contribution in [0.1, 0.15) is 32.9 Å². The Labute approximate surface area is 140 Å². The molecule has 1 N–H and O–H groups in total. The fraction of sp³-hybridized carbons (Fsp3) is 0.211. The van der Waals surface area contributed by atoms with Gasteiger partial charge >= 0.3 is 5.97 Å². The summed E-state index contributed by atoms with van der Waals surface area (Å²) in [6.07, 6.45) is 2.59. The molecule has 0 aliphatic carbocycles. The van der Waals surface area contributed by atoms with Crippen molar-refractivity contribution in [2.24, 2.45) is 7.05 Å². The predicted octanol–water partition coefficient (Wildman–Crippen LogP) is 3.39. The number of hydrogen-bond donors (Lipinski definition) is 1. The van der Waals surface area contributed by atoms with Gasteiger partial charge in [0.15, 0.2) is 0 Å². The van der Waals surface area contributed by atoms with E-state index >= 15 is 0 Å². The minimum absolute atomic E-state index is 0.0956. The van der Waals surface area contributed by atoms with Crippen LogP contribution in [-0.2, 0) is 13.5 Å². The van der Waals surface area contributed by atoms with Crippen LogP contribution in [0, 0.1) is 13.8 Å². The third-order valence-electron chi connectivity index (χ3n) is 4.20. The maximum Gasteiger partial charge on any atom is 0.354 e. The molecular weight excluding hydrogens is 302 g/mol. The number of carboxylic acids is 1. The van der Waals surface area contributed by atoms with Crippen molar-refractivity contribution >= 4 is 5.97 Å². The molecule has 0 saturated heterocycles. The van der Waals surface area contributed by atoms with Crippen LogP contribution in [0.15, 0.2) is 42.6 Å². The summed E-state index contributed by atoms with van der Waals surface area (Å²) in [6, 6.07) is 11.8. The fourth-order valence-corrected chi connectivity index (χ4v) is 2.68. The molecule has 2 aromatic heterocycles. The third kappa shape index (κ3) is 3.20. The predicted molar refractivity (Wildman–Crippen MR) is 92.1 cm³/mol. The van der Waals surface area contributed by atoms with Crippen molar-refractivity contribution in [3.05, 3.63) is 70.7 Å². The first kappa shape index (κ1) is 15.9. The Balaban J connectivity index is 1.87. The van der Waals surface area contributed by atoms with Gasteiger partial charge in [-0.1, -0.05) is 24.3 Å². The zero-order valence-electron chi connectivity index (χ0n) is 13.9. The summed E-state index contributed by atoms with van der Waals surface area (Å²) in [5.41, 5.74) is 6.01. The molecule has 3 rings (SSSR count). The van der Waals surface area contributed by atoms with E-state index in [1.54, 1.807) is 10.7 Å². The van der Waals surface area contributed by atoms with Gasteiger partial charge < -0.3 is 5.11 Å². The van der Waals surface area contributed by atoms with Crippen LogP contribution in [0.4, 0.5) is 0 Å². The Kier molecular flexibility index (Phi) is 4.16. The molecular formula is C19H19N3O2. The van der Waals surface area contributed by atoms with Crippen LogP contribution < -0.4 is 0 Å². The van der Waals surface area contributed by atoms with E-state index in [0.717, 1.165) is 33.6 Å². The Bertz CT molecular complexity index is 895. The van der Waals surface area contributed by atoms with Gasteiger partial charge in [-0.25, -0.2) is 9.78 Å². The van der Waals surface area contributed by atoms with Crippen LogP contribution in [0.3, 0.4) is 0 Å². The molecule has 2 heterocycles. The quantitative estimate of drug-likeness (QED) is 0.800. The molecule has 0 aliphatic heterocycles. The molecule has 0 radical (unpaired) electrons. The number of benzene rings is 1. The van der Waals surface area contributed by atoms with Crippen molar-refractivity contribution < 1.29 is 9.90 Å². The van der Waals surface area contributed by atoms with E-state index in [0.29, 0.717) is 6.42 Å². The van der Waals surface area contributed by atoms with Gasteiger partial charge in [0.2, 0.25) is 0 Å². The average Bonchev–Trinajstić information content (AvgIpc) is 2.98. The van der Waals surface area contributed by atoms with E-state index in [-0.39, 0.29) is 5.69 Å². The molecule has 0 bridgehead atoms. The van der Waals surface area contributed by atoms with Crippen molar-refractivity contribution in [2.45, 2.75) is 20.3 Å². The van der Waals surface area contributed by atoms with E-state index in [2.05, 4.69) is 22.2 Å². The van der Waals surface area contributed by atoms with Crippen LogP contribution in [0.2, 0.25) is 0 Å². The van der Waals surface area contributed by atoms with Crippen molar-refractivity contribution in [1.29, 1.82) is 0 Å². The van der Waals surface area contributed by atoms with Crippen molar-refractivity contribution in [1.82, 2.24) is 14.8 Å². The van der Waals surface area contributed by atoms with Crippen molar-refractivity contribution in [2.75, 3.05) is 0 Å². The molecule has 122 valence electrons. The highest BCUT2D eigenvalue weighted by Crippen LogP contribution is 2.21. The van der Waals surface area contributed by atoms with E-state index in [4.69, 9.17) is 0 Å². The maximum absolute atomic E-state index is 11.2. The Morgan fingerprint density at radius 3 is 2.46 bits per heavy atom. The van der Waals surface area contributed by atoms with E-state index < -0.39 is 5.97 Å². The molecule has 0 atom stereocenters. The first-order chi connectivity index (χ1) is 11.4. The molecule has 5 heteroatoms.